The molecular formula is C6H2Br3ClO. The first-order valence-electron chi connectivity index (χ1n) is 2.56. The van der Waals surface area contributed by atoms with Crippen molar-refractivity contribution in [2.45, 2.75) is 0 Å². The largest absolute Gasteiger partial charge is 0.506 e. The zero-order valence-corrected chi connectivity index (χ0v) is 10.6. The SMILES string of the molecule is Oc1c(Br)cc(Cl)c(Br)c1Br. The van der Waals surface area contributed by atoms with Crippen LogP contribution in [0.1, 0.15) is 0 Å². The number of phenolic OH excluding ortho intramolecular Hbond substituents is 1. The molecule has 0 amide bonds. The molecule has 0 heterocycles. The molecule has 0 spiro atoms. The third kappa shape index (κ3) is 1.91. The van der Waals surface area contributed by atoms with Crippen molar-refractivity contribution in [2.24, 2.45) is 0 Å². The summed E-state index contributed by atoms with van der Waals surface area (Å²) >= 11 is 15.3. The Kier molecular flexibility index (Phi) is 3.26. The van der Waals surface area contributed by atoms with Gasteiger partial charge in [0.15, 0.2) is 0 Å². The van der Waals surface area contributed by atoms with Crippen LogP contribution in [0.3, 0.4) is 0 Å². The van der Waals surface area contributed by atoms with Crippen molar-refractivity contribution >= 4 is 59.4 Å². The van der Waals surface area contributed by atoms with E-state index in [4.69, 9.17) is 11.6 Å². The molecule has 0 unspecified atom stereocenters. The Morgan fingerprint density at radius 1 is 1.18 bits per heavy atom. The highest BCUT2D eigenvalue weighted by atomic mass is 79.9. The lowest BCUT2D eigenvalue weighted by atomic mass is 10.3. The molecule has 0 aliphatic rings. The topological polar surface area (TPSA) is 20.2 Å². The second-order valence-corrected chi connectivity index (χ2v) is 4.66. The van der Waals surface area contributed by atoms with Crippen LogP contribution >= 0.6 is 59.4 Å². The van der Waals surface area contributed by atoms with Gasteiger partial charge >= 0.3 is 0 Å². The molecule has 0 bridgehead atoms. The van der Waals surface area contributed by atoms with Gasteiger partial charge in [-0.15, -0.1) is 0 Å². The van der Waals surface area contributed by atoms with Gasteiger partial charge in [0.1, 0.15) is 5.75 Å². The molecule has 60 valence electrons. The van der Waals surface area contributed by atoms with Gasteiger partial charge in [-0.3, -0.25) is 0 Å². The Labute approximate surface area is 94.1 Å². The van der Waals surface area contributed by atoms with Crippen LogP contribution in [0, 0.1) is 0 Å². The van der Waals surface area contributed by atoms with Crippen LogP contribution in [-0.2, 0) is 0 Å². The molecule has 0 atom stereocenters. The molecule has 1 N–H and O–H groups in total. The number of halogens is 4. The van der Waals surface area contributed by atoms with Gasteiger partial charge in [0.25, 0.3) is 0 Å². The number of rotatable bonds is 0. The summed E-state index contributed by atoms with van der Waals surface area (Å²) in [6, 6.07) is 1.62. The van der Waals surface area contributed by atoms with Gasteiger partial charge in [-0.05, 0) is 53.9 Å². The van der Waals surface area contributed by atoms with E-state index in [9.17, 15) is 5.11 Å². The van der Waals surface area contributed by atoms with Crippen molar-refractivity contribution in [1.29, 1.82) is 0 Å². The molecule has 5 heteroatoms. The van der Waals surface area contributed by atoms with E-state index in [0.29, 0.717) is 18.4 Å². The number of hydrogen-bond donors (Lipinski definition) is 1. The number of phenols is 1. The molecule has 1 nitrogen and oxygen atoms in total. The van der Waals surface area contributed by atoms with Crippen LogP contribution < -0.4 is 0 Å². The maximum Gasteiger partial charge on any atom is 0.145 e. The molecule has 11 heavy (non-hydrogen) atoms. The van der Waals surface area contributed by atoms with Gasteiger partial charge < -0.3 is 5.11 Å². The first-order valence-corrected chi connectivity index (χ1v) is 5.31. The molecule has 1 aromatic rings. The van der Waals surface area contributed by atoms with E-state index in [0.717, 1.165) is 0 Å². The van der Waals surface area contributed by atoms with Crippen LogP contribution in [0.5, 0.6) is 5.75 Å². The zero-order chi connectivity index (χ0) is 8.59. The summed E-state index contributed by atoms with van der Waals surface area (Å²) in [6.45, 7) is 0. The molecule has 0 saturated heterocycles. The van der Waals surface area contributed by atoms with Crippen LogP contribution in [-0.4, -0.2) is 5.11 Å². The smallest absolute Gasteiger partial charge is 0.145 e. The monoisotopic (exact) mass is 362 g/mol. The lowest BCUT2D eigenvalue weighted by Crippen LogP contribution is -1.76. The molecule has 0 aromatic heterocycles. The molecular weight excluding hydrogens is 363 g/mol. The Hall–Kier alpha value is 0.750. The molecule has 0 aliphatic carbocycles. The fourth-order valence-corrected chi connectivity index (χ4v) is 2.43. The highest BCUT2D eigenvalue weighted by molar-refractivity contribution is 9.13. The first-order chi connectivity index (χ1) is 5.04. The molecule has 1 aromatic carbocycles. The zero-order valence-electron chi connectivity index (χ0n) is 5.04. The van der Waals surface area contributed by atoms with E-state index in [-0.39, 0.29) is 5.75 Å². The normalized spacial score (nSPS) is 10.2. The number of benzene rings is 1. The van der Waals surface area contributed by atoms with E-state index < -0.39 is 0 Å². The highest BCUT2D eigenvalue weighted by Crippen LogP contribution is 2.41. The van der Waals surface area contributed by atoms with Crippen molar-refractivity contribution in [2.75, 3.05) is 0 Å². The van der Waals surface area contributed by atoms with Gasteiger partial charge in [0.2, 0.25) is 0 Å². The number of hydrogen-bond acceptors (Lipinski definition) is 1. The first kappa shape index (κ1) is 9.84. The van der Waals surface area contributed by atoms with E-state index in [1.54, 1.807) is 6.07 Å². The van der Waals surface area contributed by atoms with Crippen LogP contribution in [0.25, 0.3) is 0 Å². The van der Waals surface area contributed by atoms with Gasteiger partial charge in [0.05, 0.1) is 18.4 Å². The molecule has 0 aliphatic heterocycles. The van der Waals surface area contributed by atoms with Crippen molar-refractivity contribution in [3.05, 3.63) is 24.5 Å². The third-order valence-corrected chi connectivity index (χ3v) is 4.35. The van der Waals surface area contributed by atoms with E-state index in [1.165, 1.54) is 0 Å². The van der Waals surface area contributed by atoms with Gasteiger partial charge in [-0.1, -0.05) is 11.6 Å². The molecule has 0 fully saturated rings. The van der Waals surface area contributed by atoms with Gasteiger partial charge in [-0.25, -0.2) is 0 Å². The lowest BCUT2D eigenvalue weighted by molar-refractivity contribution is 0.468. The predicted octanol–water partition coefficient (Wildman–Crippen LogP) is 4.33. The van der Waals surface area contributed by atoms with Gasteiger partial charge in [0, 0.05) is 0 Å². The highest BCUT2D eigenvalue weighted by Gasteiger charge is 2.10. The molecule has 0 radical (unpaired) electrons. The summed E-state index contributed by atoms with van der Waals surface area (Å²) in [6.07, 6.45) is 0. The maximum absolute atomic E-state index is 9.33. The van der Waals surface area contributed by atoms with E-state index in [2.05, 4.69) is 47.8 Å². The average Bonchev–Trinajstić information content (AvgIpc) is 1.97. The van der Waals surface area contributed by atoms with Crippen LogP contribution in [0.15, 0.2) is 19.5 Å². The second-order valence-electron chi connectivity index (χ2n) is 1.82. The van der Waals surface area contributed by atoms with E-state index in [1.807, 2.05) is 0 Å². The Morgan fingerprint density at radius 3 is 2.27 bits per heavy atom. The summed E-state index contributed by atoms with van der Waals surface area (Å²) < 4.78 is 1.77. The quantitative estimate of drug-likeness (QED) is 0.536. The summed E-state index contributed by atoms with van der Waals surface area (Å²) in [5.74, 6) is 0.140. The minimum atomic E-state index is 0.140. The Balaban J connectivity index is 3.46. The fourth-order valence-electron chi connectivity index (χ4n) is 0.557. The summed E-state index contributed by atoms with van der Waals surface area (Å²) in [5, 5.41) is 9.87. The lowest BCUT2D eigenvalue weighted by Gasteiger charge is -2.03. The number of aromatic hydroxyl groups is 1. The maximum atomic E-state index is 9.33. The fraction of sp³-hybridized carbons (Fsp3) is 0. The minimum Gasteiger partial charge on any atom is -0.506 e. The standard InChI is InChI=1S/C6H2Br3ClO/c7-2-1-3(10)4(8)5(9)6(2)11/h1,11H. The Morgan fingerprint density at radius 2 is 1.73 bits per heavy atom. The van der Waals surface area contributed by atoms with Crippen molar-refractivity contribution in [3.63, 3.8) is 0 Å². The molecule has 1 rings (SSSR count). The van der Waals surface area contributed by atoms with Crippen LogP contribution in [0.2, 0.25) is 5.02 Å². The summed E-state index contributed by atoms with van der Waals surface area (Å²) in [4.78, 5) is 0. The predicted molar refractivity (Wildman–Crippen MR) is 56.2 cm³/mol. The van der Waals surface area contributed by atoms with E-state index >= 15 is 0 Å². The summed E-state index contributed by atoms with van der Waals surface area (Å²) in [7, 11) is 0. The van der Waals surface area contributed by atoms with Crippen molar-refractivity contribution in [1.82, 2.24) is 0 Å². The van der Waals surface area contributed by atoms with Crippen LogP contribution in [0.4, 0.5) is 0 Å². The second kappa shape index (κ2) is 3.64. The third-order valence-electron chi connectivity index (χ3n) is 1.09. The van der Waals surface area contributed by atoms with Crippen molar-refractivity contribution in [3.8, 4) is 5.75 Å². The summed E-state index contributed by atoms with van der Waals surface area (Å²) in [5.41, 5.74) is 0. The van der Waals surface area contributed by atoms with Crippen molar-refractivity contribution < 1.29 is 5.11 Å². The average molecular weight is 365 g/mol. The molecule has 0 saturated carbocycles. The Bertz CT molecular complexity index is 274. The minimum absolute atomic E-state index is 0.140. The van der Waals surface area contributed by atoms with Gasteiger partial charge in [-0.2, -0.15) is 0 Å².